The van der Waals surface area contributed by atoms with Crippen LogP contribution in [0.5, 0.6) is 0 Å². The monoisotopic (exact) mass is 483 g/mol. The molecule has 0 spiro atoms. The van der Waals surface area contributed by atoms with Gasteiger partial charge in [0.05, 0.1) is 32.1 Å². The number of esters is 1. The number of hydrogen-bond acceptors (Lipinski definition) is 8. The molecule has 164 valence electrons. The van der Waals surface area contributed by atoms with Crippen LogP contribution in [0, 0.1) is 0 Å². The van der Waals surface area contributed by atoms with E-state index in [9.17, 15) is 9.59 Å². The molecule has 0 atom stereocenters. The van der Waals surface area contributed by atoms with Gasteiger partial charge in [0.15, 0.2) is 0 Å². The van der Waals surface area contributed by atoms with E-state index >= 15 is 0 Å². The summed E-state index contributed by atoms with van der Waals surface area (Å²) in [6, 6.07) is 11.7. The molecule has 4 aromatic rings. The highest BCUT2D eigenvalue weighted by atomic mass is 32.1. The zero-order valence-electron chi connectivity index (χ0n) is 17.6. The molecule has 9 heteroatoms. The van der Waals surface area contributed by atoms with Gasteiger partial charge in [0, 0.05) is 18.0 Å². The molecular formula is C23H21N3O3S3. The van der Waals surface area contributed by atoms with Gasteiger partial charge in [-0.1, -0.05) is 12.1 Å². The number of ether oxygens (including phenoxy) is 1. The van der Waals surface area contributed by atoms with Crippen molar-refractivity contribution in [3.8, 4) is 9.88 Å². The van der Waals surface area contributed by atoms with E-state index in [1.807, 2.05) is 36.4 Å². The van der Waals surface area contributed by atoms with Crippen LogP contribution in [0.3, 0.4) is 0 Å². The minimum absolute atomic E-state index is 0.222. The summed E-state index contributed by atoms with van der Waals surface area (Å²) in [5, 5.41) is 4.46. The number of rotatable bonds is 5. The van der Waals surface area contributed by atoms with Gasteiger partial charge >= 0.3 is 5.97 Å². The topological polar surface area (TPSA) is 71.5 Å². The van der Waals surface area contributed by atoms with Crippen molar-refractivity contribution in [3.63, 3.8) is 0 Å². The van der Waals surface area contributed by atoms with Crippen LogP contribution in [0.15, 0.2) is 36.4 Å². The first-order chi connectivity index (χ1) is 15.5. The van der Waals surface area contributed by atoms with E-state index in [4.69, 9.17) is 4.74 Å². The normalized spacial score (nSPS) is 13.8. The Morgan fingerprint density at radius 1 is 1.16 bits per heavy atom. The molecule has 0 radical (unpaired) electrons. The maximum atomic E-state index is 13.1. The number of nitrogens with zero attached hydrogens (tertiary/aromatic N) is 2. The van der Waals surface area contributed by atoms with Crippen LogP contribution < -0.4 is 5.32 Å². The second-order valence-corrected chi connectivity index (χ2v) is 10.7. The van der Waals surface area contributed by atoms with Crippen molar-refractivity contribution in [2.24, 2.45) is 0 Å². The lowest BCUT2D eigenvalue weighted by Crippen LogP contribution is -2.26. The third-order valence-corrected chi connectivity index (χ3v) is 8.71. The van der Waals surface area contributed by atoms with Crippen molar-refractivity contribution < 1.29 is 14.3 Å². The number of benzene rings is 1. The van der Waals surface area contributed by atoms with Gasteiger partial charge in [-0.05, 0) is 50.2 Å². The van der Waals surface area contributed by atoms with Crippen molar-refractivity contribution in [1.29, 1.82) is 0 Å². The number of anilines is 1. The van der Waals surface area contributed by atoms with E-state index in [2.05, 4.69) is 22.2 Å². The predicted molar refractivity (Wildman–Crippen MR) is 131 cm³/mol. The summed E-state index contributed by atoms with van der Waals surface area (Å²) in [6.07, 6.45) is 0.771. The third kappa shape index (κ3) is 3.97. The van der Waals surface area contributed by atoms with Crippen LogP contribution in [0.4, 0.5) is 5.00 Å². The minimum atomic E-state index is -0.369. The standard InChI is InChI=1S/C23H21N3O3S3/c1-3-29-23(28)19-13-10-11-26(2)12-18(13)32-22(19)25-20(27)16-8-9-17(30-16)21-24-14-6-4-5-7-15(14)31-21/h4-9H,3,10-12H2,1-2H3,(H,25,27). The number of carbonyl (C=O) groups is 2. The van der Waals surface area contributed by atoms with Crippen LogP contribution in [0.1, 0.15) is 37.4 Å². The van der Waals surface area contributed by atoms with Gasteiger partial charge in [0.25, 0.3) is 5.91 Å². The molecule has 1 amide bonds. The van der Waals surface area contributed by atoms with Crippen molar-refractivity contribution in [2.45, 2.75) is 19.9 Å². The van der Waals surface area contributed by atoms with E-state index in [-0.39, 0.29) is 11.9 Å². The lowest BCUT2D eigenvalue weighted by molar-refractivity contribution is 0.0526. The van der Waals surface area contributed by atoms with Gasteiger partial charge in [0.1, 0.15) is 10.0 Å². The van der Waals surface area contributed by atoms with E-state index in [1.165, 1.54) is 22.7 Å². The molecule has 32 heavy (non-hydrogen) atoms. The Labute approximate surface area is 197 Å². The maximum Gasteiger partial charge on any atom is 0.341 e. The maximum absolute atomic E-state index is 13.1. The molecule has 0 aliphatic carbocycles. The van der Waals surface area contributed by atoms with Crippen molar-refractivity contribution in [3.05, 3.63) is 57.3 Å². The van der Waals surface area contributed by atoms with Gasteiger partial charge in [-0.25, -0.2) is 9.78 Å². The van der Waals surface area contributed by atoms with Crippen LogP contribution in [0.25, 0.3) is 20.1 Å². The van der Waals surface area contributed by atoms with E-state index in [0.29, 0.717) is 22.0 Å². The molecule has 1 aliphatic heterocycles. The Morgan fingerprint density at radius 2 is 2.00 bits per heavy atom. The summed E-state index contributed by atoms with van der Waals surface area (Å²) in [7, 11) is 2.06. The Morgan fingerprint density at radius 3 is 2.81 bits per heavy atom. The zero-order valence-corrected chi connectivity index (χ0v) is 20.1. The molecule has 0 saturated carbocycles. The largest absolute Gasteiger partial charge is 0.462 e. The van der Waals surface area contributed by atoms with Gasteiger partial charge in [-0.2, -0.15) is 0 Å². The molecule has 1 N–H and O–H groups in total. The van der Waals surface area contributed by atoms with Gasteiger partial charge in [-0.15, -0.1) is 34.0 Å². The van der Waals surface area contributed by atoms with E-state index < -0.39 is 0 Å². The lowest BCUT2D eigenvalue weighted by Gasteiger charge is -2.22. The van der Waals surface area contributed by atoms with Crippen molar-refractivity contribution in [2.75, 3.05) is 25.5 Å². The second kappa shape index (κ2) is 8.74. The second-order valence-electron chi connectivity index (χ2n) is 7.52. The van der Waals surface area contributed by atoms with Crippen LogP contribution in [-0.4, -0.2) is 42.0 Å². The first kappa shape index (κ1) is 21.3. The quantitative estimate of drug-likeness (QED) is 0.379. The molecule has 4 heterocycles. The molecule has 5 rings (SSSR count). The zero-order chi connectivity index (χ0) is 22.2. The Kier molecular flexibility index (Phi) is 5.81. The number of para-hydroxylation sites is 1. The summed E-state index contributed by atoms with van der Waals surface area (Å²) in [5.74, 6) is -0.592. The molecule has 1 aromatic carbocycles. The lowest BCUT2D eigenvalue weighted by atomic mass is 10.0. The fourth-order valence-corrected chi connectivity index (χ4v) is 6.99. The van der Waals surface area contributed by atoms with E-state index in [1.54, 1.807) is 18.3 Å². The number of fused-ring (bicyclic) bond motifs is 2. The fraction of sp³-hybridized carbons (Fsp3) is 0.261. The van der Waals surface area contributed by atoms with Crippen LogP contribution in [-0.2, 0) is 17.7 Å². The van der Waals surface area contributed by atoms with Gasteiger partial charge in [-0.3, -0.25) is 4.79 Å². The molecule has 0 unspecified atom stereocenters. The van der Waals surface area contributed by atoms with Crippen molar-refractivity contribution >= 4 is 61.1 Å². The number of hydrogen-bond donors (Lipinski definition) is 1. The molecule has 3 aromatic heterocycles. The molecule has 0 bridgehead atoms. The molecule has 1 aliphatic rings. The smallest absolute Gasteiger partial charge is 0.341 e. The highest BCUT2D eigenvalue weighted by Gasteiger charge is 2.29. The number of amides is 1. The number of thiophene rings is 2. The molecule has 0 saturated heterocycles. The summed E-state index contributed by atoms with van der Waals surface area (Å²) in [6.45, 7) is 3.73. The summed E-state index contributed by atoms with van der Waals surface area (Å²) in [5.41, 5.74) is 2.47. The SMILES string of the molecule is CCOC(=O)c1c(NC(=O)c2ccc(-c3nc4ccccc4s3)s2)sc2c1CCN(C)C2. The van der Waals surface area contributed by atoms with Crippen LogP contribution in [0.2, 0.25) is 0 Å². The van der Waals surface area contributed by atoms with Gasteiger partial charge in [0.2, 0.25) is 0 Å². The number of nitrogens with one attached hydrogen (secondary N) is 1. The average Bonchev–Trinajstić information content (AvgIpc) is 3.49. The molecule has 6 nitrogen and oxygen atoms in total. The third-order valence-electron chi connectivity index (χ3n) is 5.29. The Balaban J connectivity index is 1.42. The number of likely N-dealkylation sites (N-methyl/N-ethyl adjacent to an activating group) is 1. The first-order valence-corrected chi connectivity index (χ1v) is 12.8. The number of thiazole rings is 1. The summed E-state index contributed by atoms with van der Waals surface area (Å²) < 4.78 is 6.42. The average molecular weight is 484 g/mol. The summed E-state index contributed by atoms with van der Waals surface area (Å²) >= 11 is 4.49. The highest BCUT2D eigenvalue weighted by molar-refractivity contribution is 7.26. The van der Waals surface area contributed by atoms with Crippen molar-refractivity contribution in [1.82, 2.24) is 9.88 Å². The number of carbonyl (C=O) groups excluding carboxylic acids is 2. The molecular weight excluding hydrogens is 462 g/mol. The Hall–Kier alpha value is -2.59. The summed E-state index contributed by atoms with van der Waals surface area (Å²) in [4.78, 5) is 35.3. The minimum Gasteiger partial charge on any atom is -0.462 e. The predicted octanol–water partition coefficient (Wildman–Crippen LogP) is 5.50. The van der Waals surface area contributed by atoms with Crippen LogP contribution >= 0.6 is 34.0 Å². The Bertz CT molecular complexity index is 1290. The van der Waals surface area contributed by atoms with Gasteiger partial charge < -0.3 is 15.0 Å². The van der Waals surface area contributed by atoms with E-state index in [0.717, 1.165) is 50.1 Å². The highest BCUT2D eigenvalue weighted by Crippen LogP contribution is 2.39. The number of aromatic nitrogens is 1. The molecule has 0 fully saturated rings. The fourth-order valence-electron chi connectivity index (χ4n) is 3.76. The first-order valence-electron chi connectivity index (χ1n) is 10.3.